The molecule has 104 valence electrons. The first-order valence-electron chi connectivity index (χ1n) is 5.55. The van der Waals surface area contributed by atoms with Crippen molar-refractivity contribution in [1.82, 2.24) is 0 Å². The van der Waals surface area contributed by atoms with Gasteiger partial charge in [-0.3, -0.25) is 10.1 Å². The first-order valence-corrected chi connectivity index (χ1v) is 5.93. The average molecular weight is 295 g/mol. The smallest absolute Gasteiger partial charge is 0.365 e. The predicted octanol–water partition coefficient (Wildman–Crippen LogP) is 3.64. The van der Waals surface area contributed by atoms with Crippen LogP contribution in [0.25, 0.3) is 0 Å². The third-order valence-electron chi connectivity index (χ3n) is 3.14. The molecule has 0 aliphatic carbocycles. The summed E-state index contributed by atoms with van der Waals surface area (Å²) in [5.41, 5.74) is -0.198. The molecule has 1 unspecified atom stereocenters. The van der Waals surface area contributed by atoms with Crippen molar-refractivity contribution in [3.63, 3.8) is 0 Å². The van der Waals surface area contributed by atoms with Gasteiger partial charge in [0, 0.05) is 13.1 Å². The summed E-state index contributed by atoms with van der Waals surface area (Å²) < 4.78 is 37.8. The maximum absolute atomic E-state index is 12.6. The molecule has 0 bridgehead atoms. The van der Waals surface area contributed by atoms with Crippen LogP contribution >= 0.6 is 11.6 Å². The maximum Gasteiger partial charge on any atom is 0.393 e. The van der Waals surface area contributed by atoms with Crippen molar-refractivity contribution in [3.05, 3.63) is 33.3 Å². The summed E-state index contributed by atoms with van der Waals surface area (Å²) in [6, 6.07) is 4.26. The number of rotatable bonds is 2. The second kappa shape index (κ2) is 4.88. The number of halogens is 4. The minimum Gasteiger partial charge on any atom is -0.365 e. The molecular weight excluding hydrogens is 285 g/mol. The zero-order valence-electron chi connectivity index (χ0n) is 9.65. The normalized spacial score (nSPS) is 19.8. The Hall–Kier alpha value is -1.50. The van der Waals surface area contributed by atoms with Crippen LogP contribution in [0.3, 0.4) is 0 Å². The molecule has 1 aromatic carbocycles. The minimum atomic E-state index is -4.28. The van der Waals surface area contributed by atoms with Crippen LogP contribution < -0.4 is 4.90 Å². The van der Waals surface area contributed by atoms with E-state index in [0.717, 1.165) is 0 Å². The van der Waals surface area contributed by atoms with Crippen LogP contribution in [0.4, 0.5) is 24.5 Å². The molecule has 1 saturated heterocycles. The van der Waals surface area contributed by atoms with Crippen molar-refractivity contribution in [2.75, 3.05) is 18.0 Å². The molecule has 1 fully saturated rings. The zero-order chi connectivity index (χ0) is 14.2. The lowest BCUT2D eigenvalue weighted by molar-refractivity contribution is -0.384. The van der Waals surface area contributed by atoms with Crippen LogP contribution in [-0.2, 0) is 0 Å². The van der Waals surface area contributed by atoms with Gasteiger partial charge in [-0.1, -0.05) is 17.7 Å². The summed E-state index contributed by atoms with van der Waals surface area (Å²) in [4.78, 5) is 11.6. The SMILES string of the molecule is O=[N+]([O-])c1c(Cl)cccc1N1CCC(C(F)(F)F)C1. The number of nitro groups is 1. The van der Waals surface area contributed by atoms with Crippen molar-refractivity contribution < 1.29 is 18.1 Å². The Morgan fingerprint density at radius 2 is 2.11 bits per heavy atom. The van der Waals surface area contributed by atoms with E-state index < -0.39 is 17.0 Å². The van der Waals surface area contributed by atoms with E-state index in [1.165, 1.54) is 23.1 Å². The highest BCUT2D eigenvalue weighted by Gasteiger charge is 2.44. The highest BCUT2D eigenvalue weighted by atomic mass is 35.5. The van der Waals surface area contributed by atoms with Gasteiger partial charge in [0.25, 0.3) is 0 Å². The molecule has 8 heteroatoms. The van der Waals surface area contributed by atoms with Gasteiger partial charge in [-0.05, 0) is 18.6 Å². The molecule has 0 amide bonds. The first-order chi connectivity index (χ1) is 8.80. The van der Waals surface area contributed by atoms with Gasteiger partial charge in [-0.2, -0.15) is 13.2 Å². The topological polar surface area (TPSA) is 46.4 Å². The van der Waals surface area contributed by atoms with E-state index in [2.05, 4.69) is 0 Å². The number of para-hydroxylation sites is 1. The first kappa shape index (κ1) is 13.9. The summed E-state index contributed by atoms with van der Waals surface area (Å²) in [6.07, 6.45) is -4.34. The Morgan fingerprint density at radius 1 is 1.42 bits per heavy atom. The van der Waals surface area contributed by atoms with E-state index in [1.54, 1.807) is 0 Å². The van der Waals surface area contributed by atoms with Crippen LogP contribution in [-0.4, -0.2) is 24.2 Å². The minimum absolute atomic E-state index is 0.0623. The van der Waals surface area contributed by atoms with Gasteiger partial charge in [-0.25, -0.2) is 0 Å². The predicted molar refractivity (Wildman–Crippen MR) is 64.5 cm³/mol. The zero-order valence-corrected chi connectivity index (χ0v) is 10.4. The molecule has 1 aliphatic rings. The molecule has 1 heterocycles. The quantitative estimate of drug-likeness (QED) is 0.618. The van der Waals surface area contributed by atoms with Gasteiger partial charge in [0.1, 0.15) is 10.7 Å². The lowest BCUT2D eigenvalue weighted by Gasteiger charge is -2.19. The van der Waals surface area contributed by atoms with E-state index in [4.69, 9.17) is 11.6 Å². The maximum atomic E-state index is 12.6. The van der Waals surface area contributed by atoms with Crippen LogP contribution in [0.15, 0.2) is 18.2 Å². The van der Waals surface area contributed by atoms with Crippen molar-refractivity contribution in [2.45, 2.75) is 12.6 Å². The Bertz CT molecular complexity index is 507. The lowest BCUT2D eigenvalue weighted by atomic mass is 10.1. The van der Waals surface area contributed by atoms with E-state index in [-0.39, 0.29) is 35.9 Å². The Kier molecular flexibility index (Phi) is 3.58. The molecule has 19 heavy (non-hydrogen) atoms. The molecule has 4 nitrogen and oxygen atoms in total. The van der Waals surface area contributed by atoms with Crippen LogP contribution in [0, 0.1) is 16.0 Å². The average Bonchev–Trinajstić information content (AvgIpc) is 2.76. The van der Waals surface area contributed by atoms with Crippen molar-refractivity contribution in [1.29, 1.82) is 0 Å². The van der Waals surface area contributed by atoms with Gasteiger partial charge in [0.15, 0.2) is 0 Å². The number of hydrogen-bond acceptors (Lipinski definition) is 3. The highest BCUT2D eigenvalue weighted by molar-refractivity contribution is 6.33. The van der Waals surface area contributed by atoms with Gasteiger partial charge in [0.2, 0.25) is 0 Å². The monoisotopic (exact) mass is 294 g/mol. The van der Waals surface area contributed by atoms with Gasteiger partial charge in [-0.15, -0.1) is 0 Å². The fourth-order valence-electron chi connectivity index (χ4n) is 2.19. The molecule has 0 aromatic heterocycles. The Balaban J connectivity index is 2.30. The van der Waals surface area contributed by atoms with Crippen molar-refractivity contribution in [3.8, 4) is 0 Å². The molecule has 0 saturated carbocycles. The summed E-state index contributed by atoms with van der Waals surface area (Å²) in [5, 5.41) is 10.9. The van der Waals surface area contributed by atoms with Gasteiger partial charge in [0.05, 0.1) is 10.8 Å². The summed E-state index contributed by atoms with van der Waals surface area (Å²) in [6.45, 7) is -0.143. The Morgan fingerprint density at radius 3 is 2.63 bits per heavy atom. The number of alkyl halides is 3. The lowest BCUT2D eigenvalue weighted by Crippen LogP contribution is -2.27. The molecule has 2 rings (SSSR count). The standard InChI is InChI=1S/C11H10ClF3N2O2/c12-8-2-1-3-9(10(8)17(18)19)16-5-4-7(6-16)11(13,14)15/h1-3,7H,4-6H2. The second-order valence-corrected chi connectivity index (χ2v) is 4.75. The molecule has 0 spiro atoms. The number of nitro benzene ring substituents is 1. The van der Waals surface area contributed by atoms with E-state index >= 15 is 0 Å². The summed E-state index contributed by atoms with van der Waals surface area (Å²) >= 11 is 5.74. The molecule has 1 atom stereocenters. The fraction of sp³-hybridized carbons (Fsp3) is 0.455. The van der Waals surface area contributed by atoms with E-state index in [9.17, 15) is 23.3 Å². The number of benzene rings is 1. The molecule has 0 radical (unpaired) electrons. The molecule has 1 aliphatic heterocycles. The van der Waals surface area contributed by atoms with E-state index in [1.807, 2.05) is 0 Å². The number of hydrogen-bond donors (Lipinski definition) is 0. The third-order valence-corrected chi connectivity index (χ3v) is 3.44. The highest BCUT2D eigenvalue weighted by Crippen LogP contribution is 2.40. The molecule has 1 aromatic rings. The van der Waals surface area contributed by atoms with Gasteiger partial charge >= 0.3 is 11.9 Å². The summed E-state index contributed by atoms with van der Waals surface area (Å²) in [7, 11) is 0. The third kappa shape index (κ3) is 2.75. The van der Waals surface area contributed by atoms with Crippen molar-refractivity contribution >= 4 is 23.0 Å². The van der Waals surface area contributed by atoms with E-state index in [0.29, 0.717) is 0 Å². The second-order valence-electron chi connectivity index (χ2n) is 4.34. The number of nitrogens with zero attached hydrogens (tertiary/aromatic N) is 2. The largest absolute Gasteiger partial charge is 0.393 e. The number of anilines is 1. The van der Waals surface area contributed by atoms with Gasteiger partial charge < -0.3 is 4.90 Å². The Labute approximate surface area is 111 Å². The summed E-state index contributed by atoms with van der Waals surface area (Å²) in [5.74, 6) is -1.45. The van der Waals surface area contributed by atoms with Crippen LogP contribution in [0.1, 0.15) is 6.42 Å². The fourth-order valence-corrected chi connectivity index (χ4v) is 2.42. The van der Waals surface area contributed by atoms with Crippen LogP contribution in [0.5, 0.6) is 0 Å². The molecular formula is C11H10ClF3N2O2. The van der Waals surface area contributed by atoms with Crippen LogP contribution in [0.2, 0.25) is 5.02 Å². The van der Waals surface area contributed by atoms with Crippen molar-refractivity contribution in [2.24, 2.45) is 5.92 Å². The molecule has 0 N–H and O–H groups in total.